The Morgan fingerprint density at radius 1 is 1.18 bits per heavy atom. The van der Waals surface area contributed by atoms with E-state index in [4.69, 9.17) is 66.5 Å². The molecule has 4 nitrogen and oxygen atoms in total. The number of hydrogen-bond acceptors (Lipinski definition) is 3. The van der Waals surface area contributed by atoms with Crippen LogP contribution in [0, 0.1) is 5.82 Å². The van der Waals surface area contributed by atoms with Gasteiger partial charge in [-0.2, -0.15) is 0 Å². The lowest BCUT2D eigenvalue weighted by atomic mass is 9.40. The second-order valence-electron chi connectivity index (χ2n) is 8.74. The second-order valence-corrected chi connectivity index (χ2v) is 9.15. The molecule has 3 rings (SSSR count). The van der Waals surface area contributed by atoms with E-state index in [2.05, 4.69) is 10.3 Å². The van der Waals surface area contributed by atoms with E-state index in [1.807, 2.05) is 0 Å². The van der Waals surface area contributed by atoms with Crippen molar-refractivity contribution in [1.29, 1.82) is 0 Å². The van der Waals surface area contributed by atoms with E-state index in [1.165, 1.54) is 24.4 Å². The number of carbonyl (C=O) groups is 1. The number of halogens is 3. The molecule has 14 radical (unpaired) electrons. The molecule has 1 saturated heterocycles. The Kier molecular flexibility index (Phi) is 7.51. The number of carbonyl (C=O) groups excluding carboxylic acids is 1. The van der Waals surface area contributed by atoms with Crippen LogP contribution in [0.4, 0.5) is 8.78 Å². The van der Waals surface area contributed by atoms with Crippen molar-refractivity contribution >= 4 is 72.4 Å². The molecule has 34 heavy (non-hydrogen) atoms. The van der Waals surface area contributed by atoms with Gasteiger partial charge in [-0.1, -0.05) is 17.7 Å². The second kappa shape index (κ2) is 9.46. The third-order valence-corrected chi connectivity index (χ3v) is 5.97. The number of piperidine rings is 1. The molecule has 1 unspecified atom stereocenters. The first-order chi connectivity index (χ1) is 15.5. The predicted octanol–water partition coefficient (Wildman–Crippen LogP) is 0.162. The first-order valence-electron chi connectivity index (χ1n) is 10.2. The highest BCUT2D eigenvalue weighted by Crippen LogP contribution is 2.35. The molecule has 0 bridgehead atoms. The Balaban J connectivity index is 1.69. The lowest BCUT2D eigenvalue weighted by molar-refractivity contribution is 0.0245. The Bertz CT molecular complexity index is 1070. The Labute approximate surface area is 212 Å². The zero-order valence-electron chi connectivity index (χ0n) is 18.3. The van der Waals surface area contributed by atoms with Gasteiger partial charge in [0, 0.05) is 37.0 Å². The molecule has 1 fully saturated rings. The smallest absolute Gasteiger partial charge is 0.253 e. The minimum absolute atomic E-state index is 0.0741. The van der Waals surface area contributed by atoms with Gasteiger partial charge in [0.05, 0.1) is 59.9 Å². The number of aromatic nitrogens is 1. The summed E-state index contributed by atoms with van der Waals surface area (Å²) in [6.45, 7) is -0.446. The molecule has 1 atom stereocenters. The van der Waals surface area contributed by atoms with E-state index >= 15 is 4.39 Å². The van der Waals surface area contributed by atoms with E-state index in [9.17, 15) is 9.18 Å². The van der Waals surface area contributed by atoms with Crippen molar-refractivity contribution in [2.45, 2.75) is 34.3 Å². The van der Waals surface area contributed by atoms with Crippen LogP contribution in [0.1, 0.15) is 34.5 Å². The quantitative estimate of drug-likeness (QED) is 0.623. The van der Waals surface area contributed by atoms with Gasteiger partial charge < -0.3 is 10.2 Å². The zero-order chi connectivity index (χ0) is 25.5. The Morgan fingerprint density at radius 3 is 2.38 bits per heavy atom. The van der Waals surface area contributed by atoms with Gasteiger partial charge in [0.15, 0.2) is 0 Å². The van der Waals surface area contributed by atoms with E-state index in [0.29, 0.717) is 5.56 Å². The number of rotatable bonds is 6. The van der Waals surface area contributed by atoms with Gasteiger partial charge in [-0.15, -0.1) is 5.11 Å². The average Bonchev–Trinajstić information content (AvgIpc) is 2.73. The lowest BCUT2D eigenvalue weighted by Gasteiger charge is -2.50. The van der Waals surface area contributed by atoms with E-state index in [1.54, 1.807) is 0 Å². The zero-order valence-corrected chi connectivity index (χ0v) is 19.0. The molecular formula is C20H15B7ClF2N3O. The topological polar surface area (TPSA) is 45.2 Å². The molecule has 0 saturated carbocycles. The van der Waals surface area contributed by atoms with Gasteiger partial charge in [0.2, 0.25) is 0 Å². The summed E-state index contributed by atoms with van der Waals surface area (Å²) >= 11 is 5.75. The monoisotopic (exact) mass is 463 g/mol. The van der Waals surface area contributed by atoms with Crippen LogP contribution in [0.15, 0.2) is 36.5 Å². The van der Waals surface area contributed by atoms with Crippen LogP contribution in [0.25, 0.3) is 0 Å². The Morgan fingerprint density at radius 2 is 1.85 bits per heavy atom. The van der Waals surface area contributed by atoms with Crippen molar-refractivity contribution < 1.29 is 13.6 Å². The summed E-state index contributed by atoms with van der Waals surface area (Å²) in [6, 6.07) is 6.42. The van der Waals surface area contributed by atoms with Crippen molar-refractivity contribution in [3.63, 3.8) is 0 Å². The molecule has 2 heterocycles. The average molecular weight is 462 g/mol. The third-order valence-electron chi connectivity index (χ3n) is 5.68. The Hall–Kier alpha value is -1.60. The summed E-state index contributed by atoms with van der Waals surface area (Å²) in [5, 5.41) is -2.67. The maximum atomic E-state index is 15.7. The molecule has 0 aliphatic carbocycles. The first-order valence-corrected chi connectivity index (χ1v) is 10.6. The van der Waals surface area contributed by atoms with Gasteiger partial charge >= 0.3 is 0 Å². The fraction of sp³-hybridized carbons (Fsp3) is 0.400. The summed E-state index contributed by atoms with van der Waals surface area (Å²) in [4.78, 5) is 18.1. The number of amides is 1. The normalized spacial score (nSPS) is 20.7. The highest BCUT2D eigenvalue weighted by molar-refractivity contribution is 6.58. The van der Waals surface area contributed by atoms with E-state index in [0.717, 1.165) is 17.0 Å². The minimum atomic E-state index is -1.95. The summed E-state index contributed by atoms with van der Waals surface area (Å²) in [7, 11) is 41.2. The molecule has 1 amide bonds. The van der Waals surface area contributed by atoms with Crippen LogP contribution in [0.2, 0.25) is 5.02 Å². The van der Waals surface area contributed by atoms with Crippen molar-refractivity contribution in [3.8, 4) is 0 Å². The fourth-order valence-corrected chi connectivity index (χ4v) is 3.91. The van der Waals surface area contributed by atoms with Crippen LogP contribution < -0.4 is 5.32 Å². The molecule has 2 aromatic rings. The number of hydrogen-bond donors (Lipinski definition) is 1. The van der Waals surface area contributed by atoms with Crippen molar-refractivity contribution in [3.05, 3.63) is 64.2 Å². The molecular weight excluding hydrogens is 447 g/mol. The van der Waals surface area contributed by atoms with Crippen molar-refractivity contribution in [2.75, 3.05) is 13.1 Å². The van der Waals surface area contributed by atoms with Gasteiger partial charge in [-0.3, -0.25) is 9.78 Å². The number of alkyl halides is 1. The van der Waals surface area contributed by atoms with E-state index in [-0.39, 0.29) is 35.8 Å². The van der Waals surface area contributed by atoms with Crippen LogP contribution in [-0.2, 0) is 10.5 Å². The summed E-state index contributed by atoms with van der Waals surface area (Å²) in [5.74, 6) is -1.28. The molecule has 1 aromatic heterocycles. The summed E-state index contributed by atoms with van der Waals surface area (Å²) in [6.07, 6.45) is 0.773. The van der Waals surface area contributed by atoms with Crippen LogP contribution in [0.5, 0.6) is 0 Å². The third kappa shape index (κ3) is 5.96. The molecule has 158 valence electrons. The molecule has 14 heteroatoms. The largest absolute Gasteiger partial charge is 0.350 e. The number of nitrogens with zero attached hydrogens (tertiary/aromatic N) is 2. The summed E-state index contributed by atoms with van der Waals surface area (Å²) in [5.41, 5.74) is -1.36. The van der Waals surface area contributed by atoms with E-state index < -0.39 is 39.6 Å². The molecule has 1 aliphatic heterocycles. The highest BCUT2D eigenvalue weighted by atomic mass is 35.5. The maximum Gasteiger partial charge on any atom is 0.253 e. The number of pyridine rings is 1. The number of nitrogens with one attached hydrogen (secondary N) is 1. The number of likely N-dealkylation sites (tertiary alicyclic amines) is 1. The molecule has 1 aromatic carbocycles. The lowest BCUT2D eigenvalue weighted by Crippen LogP contribution is -2.63. The van der Waals surface area contributed by atoms with Gasteiger partial charge in [-0.25, -0.2) is 8.78 Å². The van der Waals surface area contributed by atoms with Gasteiger partial charge in [0.1, 0.15) is 11.5 Å². The van der Waals surface area contributed by atoms with Crippen LogP contribution >= 0.6 is 11.6 Å². The molecule has 1 aliphatic rings. The molecule has 0 spiro atoms. The molecule has 1 N–H and O–H groups in total. The highest BCUT2D eigenvalue weighted by Gasteiger charge is 2.46. The van der Waals surface area contributed by atoms with Crippen LogP contribution in [0.3, 0.4) is 0 Å². The van der Waals surface area contributed by atoms with Crippen molar-refractivity contribution in [1.82, 2.24) is 15.2 Å². The standard InChI is InChI=1S/C20H15B7ClF2N3O/c21-18(22)9-17(30,5-6-33(18)16(34)11-1-3-14(29)13(28)7-11)10-32-20(26,27)15-4-2-12(8-31-15)19(23,24)25/h1-4,7-8,32H,5-6,9-10H2. The SMILES string of the molecule is [B]C([B])([B])c1ccc(C([B])([B])NCC2(F)CCN(C(=O)c3ccc(F)c(Cl)c3)C([B])([B])C2)nc1. The number of benzene rings is 1. The van der Waals surface area contributed by atoms with Gasteiger partial charge in [0.25, 0.3) is 5.91 Å². The maximum absolute atomic E-state index is 15.7. The summed E-state index contributed by atoms with van der Waals surface area (Å²) < 4.78 is 29.1. The van der Waals surface area contributed by atoms with Crippen molar-refractivity contribution in [2.24, 2.45) is 0 Å². The van der Waals surface area contributed by atoms with Crippen LogP contribution in [-0.4, -0.2) is 94.8 Å². The fourth-order valence-electron chi connectivity index (χ4n) is 3.73. The first kappa shape index (κ1) is 27.0. The van der Waals surface area contributed by atoms with Gasteiger partial charge in [-0.05, 0) is 46.9 Å². The minimum Gasteiger partial charge on any atom is -0.350 e. The predicted molar refractivity (Wildman–Crippen MR) is 134 cm³/mol.